The highest BCUT2D eigenvalue weighted by molar-refractivity contribution is 5.90. The highest BCUT2D eigenvalue weighted by Gasteiger charge is 2.06. The van der Waals surface area contributed by atoms with Crippen LogP contribution in [0.4, 0.5) is 5.69 Å². The number of benzene rings is 1. The van der Waals surface area contributed by atoms with Crippen LogP contribution in [0, 0.1) is 0 Å². The summed E-state index contributed by atoms with van der Waals surface area (Å²) < 4.78 is 4.58. The van der Waals surface area contributed by atoms with Crippen LogP contribution in [0.25, 0.3) is 0 Å². The number of carbonyl (C=O) groups excluding carboxylic acids is 2. The van der Waals surface area contributed by atoms with Gasteiger partial charge in [-0.2, -0.15) is 0 Å². The lowest BCUT2D eigenvalue weighted by Crippen LogP contribution is -2.25. The van der Waals surface area contributed by atoms with E-state index in [9.17, 15) is 9.59 Å². The molecule has 0 saturated carbocycles. The van der Waals surface area contributed by atoms with E-state index in [-0.39, 0.29) is 11.9 Å². The number of carbonyl (C=O) groups is 2. The van der Waals surface area contributed by atoms with E-state index in [1.54, 1.807) is 0 Å². The molecule has 0 saturated heterocycles. The molecule has 0 spiro atoms. The van der Waals surface area contributed by atoms with Gasteiger partial charge in [-0.1, -0.05) is 18.2 Å². The van der Waals surface area contributed by atoms with Gasteiger partial charge in [0.05, 0.1) is 7.11 Å². The van der Waals surface area contributed by atoms with Gasteiger partial charge in [0.2, 0.25) is 5.91 Å². The van der Waals surface area contributed by atoms with Gasteiger partial charge >= 0.3 is 5.97 Å². The number of esters is 1. The minimum atomic E-state index is -0.194. The largest absolute Gasteiger partial charge is 0.469 e. The second-order valence-electron chi connectivity index (χ2n) is 4.65. The predicted octanol–water partition coefficient (Wildman–Crippen LogP) is 1.90. The molecular weight excluding hydrogens is 256 g/mol. The number of para-hydroxylation sites is 1. The maximum atomic E-state index is 11.7. The number of methoxy groups -OCH3 is 1. The third-order valence-electron chi connectivity index (χ3n) is 2.93. The molecule has 1 amide bonds. The average molecular weight is 278 g/mol. The first-order valence-corrected chi connectivity index (χ1v) is 6.72. The van der Waals surface area contributed by atoms with E-state index < -0.39 is 0 Å². The van der Waals surface area contributed by atoms with E-state index in [1.165, 1.54) is 7.11 Å². The number of hydrogen-bond acceptors (Lipinski definition) is 4. The second kappa shape index (κ2) is 9.09. The van der Waals surface area contributed by atoms with Crippen molar-refractivity contribution in [3.8, 4) is 0 Å². The minimum absolute atomic E-state index is 0.00369. The van der Waals surface area contributed by atoms with Crippen molar-refractivity contribution in [3.05, 3.63) is 30.3 Å². The summed E-state index contributed by atoms with van der Waals surface area (Å²) in [5.74, 6) is -0.198. The Bertz CT molecular complexity index is 420. The van der Waals surface area contributed by atoms with Crippen LogP contribution in [-0.2, 0) is 14.3 Å². The van der Waals surface area contributed by atoms with Crippen LogP contribution in [0.2, 0.25) is 0 Å². The molecule has 1 aromatic carbocycles. The van der Waals surface area contributed by atoms with E-state index in [1.807, 2.05) is 42.3 Å². The Morgan fingerprint density at radius 2 is 1.85 bits per heavy atom. The van der Waals surface area contributed by atoms with Gasteiger partial charge in [0.25, 0.3) is 0 Å². The van der Waals surface area contributed by atoms with Gasteiger partial charge in [0.15, 0.2) is 0 Å². The van der Waals surface area contributed by atoms with Crippen molar-refractivity contribution in [2.45, 2.75) is 19.3 Å². The number of ether oxygens (including phenoxy) is 1. The topological polar surface area (TPSA) is 58.6 Å². The fraction of sp³-hybridized carbons (Fsp3) is 0.467. The summed E-state index contributed by atoms with van der Waals surface area (Å²) in [6, 6.07) is 9.39. The summed E-state index contributed by atoms with van der Waals surface area (Å²) in [4.78, 5) is 24.7. The van der Waals surface area contributed by atoms with Crippen molar-refractivity contribution >= 4 is 17.6 Å². The molecule has 1 rings (SSSR count). The Morgan fingerprint density at radius 1 is 1.15 bits per heavy atom. The van der Waals surface area contributed by atoms with Crippen LogP contribution in [0.3, 0.4) is 0 Å². The van der Waals surface area contributed by atoms with Crippen molar-refractivity contribution in [2.75, 3.05) is 32.6 Å². The Balaban J connectivity index is 2.15. The molecule has 110 valence electrons. The van der Waals surface area contributed by atoms with Crippen molar-refractivity contribution in [1.29, 1.82) is 0 Å². The van der Waals surface area contributed by atoms with Gasteiger partial charge in [0.1, 0.15) is 0 Å². The Labute approximate surface area is 119 Å². The molecule has 0 atom stereocenters. The fourth-order valence-electron chi connectivity index (χ4n) is 1.74. The molecular formula is C15H22N2O3. The third kappa shape index (κ3) is 6.89. The van der Waals surface area contributed by atoms with E-state index in [2.05, 4.69) is 10.1 Å². The molecule has 0 aliphatic rings. The lowest BCUT2D eigenvalue weighted by molar-refractivity contribution is -0.140. The molecule has 1 N–H and O–H groups in total. The van der Waals surface area contributed by atoms with Crippen molar-refractivity contribution < 1.29 is 14.3 Å². The molecule has 0 aliphatic heterocycles. The monoisotopic (exact) mass is 278 g/mol. The average Bonchev–Trinajstić information content (AvgIpc) is 2.46. The first-order valence-electron chi connectivity index (χ1n) is 6.72. The maximum absolute atomic E-state index is 11.7. The van der Waals surface area contributed by atoms with E-state index in [4.69, 9.17) is 0 Å². The maximum Gasteiger partial charge on any atom is 0.305 e. The van der Waals surface area contributed by atoms with E-state index in [0.717, 1.165) is 18.7 Å². The summed E-state index contributed by atoms with van der Waals surface area (Å²) in [5, 5.41) is 2.84. The zero-order valence-electron chi connectivity index (χ0n) is 12.1. The standard InChI is InChI=1S/C15H22N2O3/c1-17(11-6-9-15(19)20-2)12-10-14(18)16-13-7-4-3-5-8-13/h3-5,7-8H,6,9-12H2,1-2H3,(H,16,18). The molecule has 0 heterocycles. The van der Waals surface area contributed by atoms with Crippen LogP contribution >= 0.6 is 0 Å². The molecule has 0 bridgehead atoms. The first kappa shape index (κ1) is 16.2. The van der Waals surface area contributed by atoms with Gasteiger partial charge in [0, 0.05) is 25.1 Å². The zero-order valence-corrected chi connectivity index (χ0v) is 12.1. The first-order chi connectivity index (χ1) is 9.61. The predicted molar refractivity (Wildman–Crippen MR) is 78.4 cm³/mol. The highest BCUT2D eigenvalue weighted by Crippen LogP contribution is 2.05. The second-order valence-corrected chi connectivity index (χ2v) is 4.65. The number of nitrogens with zero attached hydrogens (tertiary/aromatic N) is 1. The van der Waals surface area contributed by atoms with Crippen molar-refractivity contribution in [2.24, 2.45) is 0 Å². The van der Waals surface area contributed by atoms with Crippen LogP contribution in [0.15, 0.2) is 30.3 Å². The molecule has 0 fully saturated rings. The number of anilines is 1. The summed E-state index contributed by atoms with van der Waals surface area (Å²) in [7, 11) is 3.33. The normalized spacial score (nSPS) is 10.3. The highest BCUT2D eigenvalue weighted by atomic mass is 16.5. The summed E-state index contributed by atoms with van der Waals surface area (Å²) in [5.41, 5.74) is 0.811. The van der Waals surface area contributed by atoms with E-state index >= 15 is 0 Å². The molecule has 1 aromatic rings. The molecule has 0 aliphatic carbocycles. The number of rotatable bonds is 8. The molecule has 0 aromatic heterocycles. The summed E-state index contributed by atoms with van der Waals surface area (Å²) >= 11 is 0. The van der Waals surface area contributed by atoms with Gasteiger partial charge in [-0.05, 0) is 32.1 Å². The third-order valence-corrected chi connectivity index (χ3v) is 2.93. The zero-order chi connectivity index (χ0) is 14.8. The molecule has 0 radical (unpaired) electrons. The molecule has 0 unspecified atom stereocenters. The van der Waals surface area contributed by atoms with Gasteiger partial charge in [-0.3, -0.25) is 9.59 Å². The van der Waals surface area contributed by atoms with Crippen LogP contribution in [0.5, 0.6) is 0 Å². The fourth-order valence-corrected chi connectivity index (χ4v) is 1.74. The number of nitrogens with one attached hydrogen (secondary N) is 1. The lowest BCUT2D eigenvalue weighted by Gasteiger charge is -2.15. The van der Waals surface area contributed by atoms with Gasteiger partial charge in [-0.25, -0.2) is 0 Å². The van der Waals surface area contributed by atoms with Gasteiger partial charge in [-0.15, -0.1) is 0 Å². The van der Waals surface area contributed by atoms with Crippen LogP contribution < -0.4 is 5.32 Å². The quantitative estimate of drug-likeness (QED) is 0.738. The smallest absolute Gasteiger partial charge is 0.305 e. The minimum Gasteiger partial charge on any atom is -0.469 e. The van der Waals surface area contributed by atoms with Crippen molar-refractivity contribution in [1.82, 2.24) is 4.90 Å². The Morgan fingerprint density at radius 3 is 2.50 bits per heavy atom. The van der Waals surface area contributed by atoms with Crippen LogP contribution in [-0.4, -0.2) is 44.0 Å². The molecule has 5 heteroatoms. The van der Waals surface area contributed by atoms with Crippen molar-refractivity contribution in [3.63, 3.8) is 0 Å². The van der Waals surface area contributed by atoms with Gasteiger partial charge < -0.3 is 15.0 Å². The SMILES string of the molecule is COC(=O)CCCN(C)CCC(=O)Nc1ccccc1. The van der Waals surface area contributed by atoms with Crippen LogP contribution in [0.1, 0.15) is 19.3 Å². The Kier molecular flexibility index (Phi) is 7.35. The molecule has 5 nitrogen and oxygen atoms in total. The Hall–Kier alpha value is -1.88. The summed E-state index contributed by atoms with van der Waals surface area (Å²) in [6.07, 6.45) is 1.59. The van der Waals surface area contributed by atoms with E-state index in [0.29, 0.717) is 19.4 Å². The lowest BCUT2D eigenvalue weighted by atomic mass is 10.2. The summed E-state index contributed by atoms with van der Waals surface area (Å²) in [6.45, 7) is 1.44. The number of hydrogen-bond donors (Lipinski definition) is 1. The molecule has 20 heavy (non-hydrogen) atoms. The number of amides is 1.